The normalized spacial score (nSPS) is 12.0. The summed E-state index contributed by atoms with van der Waals surface area (Å²) in [6.45, 7) is 1.82. The van der Waals surface area contributed by atoms with E-state index < -0.39 is 10.0 Å². The number of nitrogens with two attached hydrogens (primary N) is 1. The fraction of sp³-hybridized carbons (Fsp3) is 0.154. The summed E-state index contributed by atoms with van der Waals surface area (Å²) < 4.78 is 32.1. The summed E-state index contributed by atoms with van der Waals surface area (Å²) in [5.41, 5.74) is 7.45. The van der Waals surface area contributed by atoms with Crippen LogP contribution in [0, 0.1) is 6.92 Å². The predicted molar refractivity (Wildman–Crippen MR) is 78.0 cm³/mol. The number of anilines is 1. The second-order valence-corrected chi connectivity index (χ2v) is 6.45. The quantitative estimate of drug-likeness (QED) is 0.632. The molecule has 8 heteroatoms. The number of benzene rings is 1. The van der Waals surface area contributed by atoms with Gasteiger partial charge in [0.05, 0.1) is 12.2 Å². The van der Waals surface area contributed by atoms with Gasteiger partial charge in [0.2, 0.25) is 10.0 Å². The zero-order valence-corrected chi connectivity index (χ0v) is 12.1. The van der Waals surface area contributed by atoms with E-state index in [-0.39, 0.29) is 11.4 Å². The van der Waals surface area contributed by atoms with Gasteiger partial charge in [0.1, 0.15) is 10.7 Å². The third kappa shape index (κ3) is 2.63. The molecule has 0 amide bonds. The molecule has 1 aromatic carbocycles. The van der Waals surface area contributed by atoms with E-state index in [2.05, 4.69) is 14.9 Å². The number of hydrogen-bond donors (Lipinski definition) is 3. The first-order chi connectivity index (χ1) is 9.95. The van der Waals surface area contributed by atoms with Crippen LogP contribution in [-0.4, -0.2) is 18.6 Å². The highest BCUT2D eigenvalue weighted by Gasteiger charge is 2.19. The number of H-pyrrole nitrogens is 1. The van der Waals surface area contributed by atoms with Crippen molar-refractivity contribution >= 4 is 26.6 Å². The number of aryl methyl sites for hydroxylation is 1. The van der Waals surface area contributed by atoms with Crippen LogP contribution in [0.15, 0.2) is 39.9 Å². The molecule has 0 saturated heterocycles. The molecule has 2 heterocycles. The Kier molecular flexibility index (Phi) is 3.19. The van der Waals surface area contributed by atoms with Gasteiger partial charge in [-0.2, -0.15) is 0 Å². The van der Waals surface area contributed by atoms with Crippen molar-refractivity contribution in [3.05, 3.63) is 41.9 Å². The Balaban J connectivity index is 1.89. The van der Waals surface area contributed by atoms with Crippen LogP contribution < -0.4 is 10.5 Å². The highest BCUT2D eigenvalue weighted by Crippen LogP contribution is 2.24. The maximum absolute atomic E-state index is 12.4. The smallest absolute Gasteiger partial charge is 0.243 e. The van der Waals surface area contributed by atoms with Crippen LogP contribution in [0.1, 0.15) is 11.5 Å². The molecule has 0 aliphatic heterocycles. The van der Waals surface area contributed by atoms with Gasteiger partial charge >= 0.3 is 0 Å². The Morgan fingerprint density at radius 3 is 2.90 bits per heavy atom. The van der Waals surface area contributed by atoms with E-state index in [9.17, 15) is 8.42 Å². The lowest BCUT2D eigenvalue weighted by Crippen LogP contribution is -2.23. The molecule has 0 radical (unpaired) electrons. The van der Waals surface area contributed by atoms with Crippen LogP contribution >= 0.6 is 0 Å². The average Bonchev–Trinajstić information content (AvgIpc) is 3.02. The minimum absolute atomic E-state index is 0.0708. The fourth-order valence-corrected chi connectivity index (χ4v) is 3.26. The van der Waals surface area contributed by atoms with Crippen molar-refractivity contribution in [3.63, 3.8) is 0 Å². The molecule has 0 atom stereocenters. The summed E-state index contributed by atoms with van der Waals surface area (Å²) in [6, 6.07) is 6.71. The molecule has 0 spiro atoms. The second kappa shape index (κ2) is 4.90. The molecular formula is C13H14N4O3S. The van der Waals surface area contributed by atoms with Crippen LogP contribution in [0.5, 0.6) is 0 Å². The third-order valence-electron chi connectivity index (χ3n) is 3.08. The van der Waals surface area contributed by atoms with E-state index in [1.807, 2.05) is 0 Å². The maximum atomic E-state index is 12.4. The third-order valence-corrected chi connectivity index (χ3v) is 4.52. The lowest BCUT2D eigenvalue weighted by Gasteiger charge is -2.03. The molecule has 21 heavy (non-hydrogen) atoms. The Labute approximate surface area is 121 Å². The SMILES string of the molecule is Cc1cc(CNS(=O)(=O)c2c[nH]c3cc(N)ccc23)no1. The van der Waals surface area contributed by atoms with Gasteiger partial charge < -0.3 is 15.2 Å². The molecule has 0 fully saturated rings. The molecule has 7 nitrogen and oxygen atoms in total. The van der Waals surface area contributed by atoms with Crippen LogP contribution in [-0.2, 0) is 16.6 Å². The summed E-state index contributed by atoms with van der Waals surface area (Å²) in [5.74, 6) is 0.631. The van der Waals surface area contributed by atoms with Gasteiger partial charge in [0, 0.05) is 28.9 Å². The van der Waals surface area contributed by atoms with E-state index in [1.54, 1.807) is 31.2 Å². The summed E-state index contributed by atoms with van der Waals surface area (Å²) in [4.78, 5) is 3.08. The monoisotopic (exact) mass is 306 g/mol. The van der Waals surface area contributed by atoms with Gasteiger partial charge in [0.15, 0.2) is 0 Å². The van der Waals surface area contributed by atoms with Crippen molar-refractivity contribution in [2.45, 2.75) is 18.4 Å². The molecule has 0 unspecified atom stereocenters. The van der Waals surface area contributed by atoms with Gasteiger partial charge in [0.25, 0.3) is 0 Å². The molecule has 3 rings (SSSR count). The van der Waals surface area contributed by atoms with Gasteiger partial charge in [-0.25, -0.2) is 13.1 Å². The minimum Gasteiger partial charge on any atom is -0.399 e. The van der Waals surface area contributed by atoms with Crippen molar-refractivity contribution in [3.8, 4) is 0 Å². The zero-order chi connectivity index (χ0) is 15.0. The summed E-state index contributed by atoms with van der Waals surface area (Å²) >= 11 is 0. The Morgan fingerprint density at radius 2 is 2.19 bits per heavy atom. The van der Waals surface area contributed by atoms with E-state index in [0.29, 0.717) is 28.0 Å². The number of sulfonamides is 1. The van der Waals surface area contributed by atoms with Crippen LogP contribution in [0.3, 0.4) is 0 Å². The Hall–Kier alpha value is -2.32. The molecule has 3 aromatic rings. The Morgan fingerprint density at radius 1 is 1.38 bits per heavy atom. The first kappa shape index (κ1) is 13.7. The molecule has 2 aromatic heterocycles. The van der Waals surface area contributed by atoms with E-state index in [1.165, 1.54) is 6.20 Å². The number of nitrogens with one attached hydrogen (secondary N) is 2. The van der Waals surface area contributed by atoms with Crippen molar-refractivity contribution in [1.82, 2.24) is 14.9 Å². The van der Waals surface area contributed by atoms with Crippen LogP contribution in [0.2, 0.25) is 0 Å². The van der Waals surface area contributed by atoms with Gasteiger partial charge in [-0.15, -0.1) is 0 Å². The van der Waals surface area contributed by atoms with Crippen molar-refractivity contribution in [2.24, 2.45) is 0 Å². The number of rotatable bonds is 4. The number of nitrogens with zero attached hydrogens (tertiary/aromatic N) is 1. The minimum atomic E-state index is -3.65. The van der Waals surface area contributed by atoms with Crippen LogP contribution in [0.25, 0.3) is 10.9 Å². The fourth-order valence-electron chi connectivity index (χ4n) is 2.09. The summed E-state index contributed by atoms with van der Waals surface area (Å²) in [7, 11) is -3.65. The molecule has 110 valence electrons. The Bertz CT molecular complexity index is 895. The van der Waals surface area contributed by atoms with Crippen molar-refractivity contribution in [2.75, 3.05) is 5.73 Å². The number of nitrogen functional groups attached to an aromatic ring is 1. The van der Waals surface area contributed by atoms with Crippen molar-refractivity contribution < 1.29 is 12.9 Å². The topological polar surface area (TPSA) is 114 Å². The zero-order valence-electron chi connectivity index (χ0n) is 11.3. The maximum Gasteiger partial charge on any atom is 0.243 e. The van der Waals surface area contributed by atoms with Crippen LogP contribution in [0.4, 0.5) is 5.69 Å². The molecule has 0 aliphatic carbocycles. The number of hydrogen-bond acceptors (Lipinski definition) is 5. The standard InChI is InChI=1S/C13H14N4O3S/c1-8-4-10(17-20-8)6-16-21(18,19)13-7-15-12-5-9(14)2-3-11(12)13/h2-5,7,15-16H,6,14H2,1H3. The number of fused-ring (bicyclic) bond motifs is 1. The highest BCUT2D eigenvalue weighted by atomic mass is 32.2. The molecule has 0 aliphatic rings. The largest absolute Gasteiger partial charge is 0.399 e. The molecule has 0 saturated carbocycles. The predicted octanol–water partition coefficient (Wildman–Crippen LogP) is 1.53. The average molecular weight is 306 g/mol. The van der Waals surface area contributed by atoms with Gasteiger partial charge in [-0.3, -0.25) is 0 Å². The lowest BCUT2D eigenvalue weighted by molar-refractivity contribution is 0.390. The van der Waals surface area contributed by atoms with Gasteiger partial charge in [-0.05, 0) is 25.1 Å². The number of aromatic nitrogens is 2. The van der Waals surface area contributed by atoms with Crippen molar-refractivity contribution in [1.29, 1.82) is 0 Å². The molecular weight excluding hydrogens is 292 g/mol. The number of aromatic amines is 1. The molecule has 4 N–H and O–H groups in total. The summed E-state index contributed by atoms with van der Waals surface area (Å²) in [6.07, 6.45) is 1.44. The van der Waals surface area contributed by atoms with E-state index in [4.69, 9.17) is 10.3 Å². The van der Waals surface area contributed by atoms with E-state index >= 15 is 0 Å². The molecule has 0 bridgehead atoms. The van der Waals surface area contributed by atoms with Gasteiger partial charge in [-0.1, -0.05) is 5.16 Å². The second-order valence-electron chi connectivity index (χ2n) is 4.71. The highest BCUT2D eigenvalue weighted by molar-refractivity contribution is 7.89. The lowest BCUT2D eigenvalue weighted by atomic mass is 10.2. The first-order valence-corrected chi connectivity index (χ1v) is 7.72. The first-order valence-electron chi connectivity index (χ1n) is 6.24. The van der Waals surface area contributed by atoms with E-state index in [0.717, 1.165) is 0 Å². The summed E-state index contributed by atoms with van der Waals surface area (Å²) in [5, 5.41) is 4.34.